The van der Waals surface area contributed by atoms with E-state index in [2.05, 4.69) is 5.32 Å². The average molecular weight is 256 g/mol. The van der Waals surface area contributed by atoms with E-state index >= 15 is 0 Å². The fourth-order valence-corrected chi connectivity index (χ4v) is 2.16. The summed E-state index contributed by atoms with van der Waals surface area (Å²) in [5, 5.41) is 2.90. The third kappa shape index (κ3) is 4.64. The zero-order valence-corrected chi connectivity index (χ0v) is 11.8. The topological polar surface area (TPSA) is 58.6 Å². The van der Waals surface area contributed by atoms with Gasteiger partial charge in [0.1, 0.15) is 6.04 Å². The third-order valence-electron chi connectivity index (χ3n) is 2.78. The second kappa shape index (κ2) is 6.18. The van der Waals surface area contributed by atoms with Crippen molar-refractivity contribution in [2.75, 3.05) is 19.7 Å². The fourth-order valence-electron chi connectivity index (χ4n) is 2.16. The Hall–Kier alpha value is -1.10. The van der Waals surface area contributed by atoms with E-state index < -0.39 is 0 Å². The summed E-state index contributed by atoms with van der Waals surface area (Å²) in [5.74, 6) is -0.253. The van der Waals surface area contributed by atoms with Crippen LogP contribution in [0.2, 0.25) is 0 Å². The number of carbonyl (C=O) groups is 2. The van der Waals surface area contributed by atoms with E-state index in [-0.39, 0.29) is 30.0 Å². The van der Waals surface area contributed by atoms with Gasteiger partial charge in [-0.25, -0.2) is 0 Å². The summed E-state index contributed by atoms with van der Waals surface area (Å²) < 4.78 is 5.03. The maximum atomic E-state index is 11.8. The van der Waals surface area contributed by atoms with Gasteiger partial charge in [0.05, 0.1) is 13.2 Å². The number of hydrogen-bond donors (Lipinski definition) is 1. The molecule has 18 heavy (non-hydrogen) atoms. The van der Waals surface area contributed by atoms with Crippen LogP contribution in [-0.2, 0) is 14.3 Å². The molecule has 1 heterocycles. The van der Waals surface area contributed by atoms with E-state index in [9.17, 15) is 9.59 Å². The van der Waals surface area contributed by atoms with Gasteiger partial charge in [-0.3, -0.25) is 14.5 Å². The molecule has 104 valence electrons. The molecule has 0 aliphatic carbocycles. The molecule has 1 N–H and O–H groups in total. The van der Waals surface area contributed by atoms with E-state index in [1.165, 1.54) is 0 Å². The van der Waals surface area contributed by atoms with Crippen molar-refractivity contribution in [2.45, 2.75) is 52.1 Å². The zero-order valence-electron chi connectivity index (χ0n) is 11.8. The van der Waals surface area contributed by atoms with E-state index in [1.54, 1.807) is 6.92 Å². The molecule has 0 bridgehead atoms. The molecular weight excluding hydrogens is 232 g/mol. The van der Waals surface area contributed by atoms with Crippen LogP contribution in [0.1, 0.15) is 40.5 Å². The Morgan fingerprint density at radius 3 is 2.61 bits per heavy atom. The van der Waals surface area contributed by atoms with Gasteiger partial charge in [0, 0.05) is 5.54 Å². The van der Waals surface area contributed by atoms with Crippen molar-refractivity contribution in [3.8, 4) is 0 Å². The quantitative estimate of drug-likeness (QED) is 0.760. The summed E-state index contributed by atoms with van der Waals surface area (Å²) >= 11 is 0. The molecule has 1 saturated heterocycles. The first kappa shape index (κ1) is 15.0. The molecular formula is C13H24N2O3. The number of rotatable bonds is 4. The summed E-state index contributed by atoms with van der Waals surface area (Å²) in [5.41, 5.74) is -0.240. The zero-order chi connectivity index (χ0) is 13.8. The summed E-state index contributed by atoms with van der Waals surface area (Å²) in [6.45, 7) is 9.05. The predicted octanol–water partition coefficient (Wildman–Crippen LogP) is 0.929. The number of carbonyl (C=O) groups excluding carboxylic acids is 2. The Morgan fingerprint density at radius 1 is 1.39 bits per heavy atom. The van der Waals surface area contributed by atoms with Crippen molar-refractivity contribution in [1.82, 2.24) is 10.2 Å². The maximum Gasteiger partial charge on any atom is 0.323 e. The molecule has 5 nitrogen and oxygen atoms in total. The lowest BCUT2D eigenvalue weighted by Gasteiger charge is -2.25. The number of hydrogen-bond acceptors (Lipinski definition) is 4. The molecule has 1 fully saturated rings. The summed E-state index contributed by atoms with van der Waals surface area (Å²) in [4.78, 5) is 25.5. The van der Waals surface area contributed by atoms with Crippen molar-refractivity contribution >= 4 is 11.9 Å². The van der Waals surface area contributed by atoms with E-state index in [4.69, 9.17) is 4.74 Å². The van der Waals surface area contributed by atoms with Gasteiger partial charge in [-0.05, 0) is 47.1 Å². The first-order chi connectivity index (χ1) is 8.33. The molecule has 1 aliphatic rings. The number of likely N-dealkylation sites (tertiary alicyclic amines) is 1. The molecule has 1 amide bonds. The van der Waals surface area contributed by atoms with Gasteiger partial charge in [0.25, 0.3) is 0 Å². The minimum Gasteiger partial charge on any atom is -0.465 e. The Bertz CT molecular complexity index is 310. The molecule has 1 unspecified atom stereocenters. The monoisotopic (exact) mass is 256 g/mol. The predicted molar refractivity (Wildman–Crippen MR) is 69.1 cm³/mol. The second-order valence-corrected chi connectivity index (χ2v) is 5.68. The second-order valence-electron chi connectivity index (χ2n) is 5.68. The Kier molecular flexibility index (Phi) is 5.14. The number of ether oxygens (including phenoxy) is 1. The smallest absolute Gasteiger partial charge is 0.323 e. The van der Waals surface area contributed by atoms with Crippen LogP contribution in [-0.4, -0.2) is 48.1 Å². The highest BCUT2D eigenvalue weighted by molar-refractivity contribution is 5.81. The van der Waals surface area contributed by atoms with E-state index in [0.29, 0.717) is 6.61 Å². The summed E-state index contributed by atoms with van der Waals surface area (Å²) in [6, 6.07) is -0.254. The van der Waals surface area contributed by atoms with Gasteiger partial charge >= 0.3 is 5.97 Å². The average Bonchev–Trinajstić information content (AvgIpc) is 2.62. The van der Waals surface area contributed by atoms with Gasteiger partial charge in [-0.2, -0.15) is 0 Å². The highest BCUT2D eigenvalue weighted by Gasteiger charge is 2.33. The molecule has 0 radical (unpaired) electrons. The van der Waals surface area contributed by atoms with Crippen LogP contribution in [0.15, 0.2) is 0 Å². The van der Waals surface area contributed by atoms with Crippen LogP contribution >= 0.6 is 0 Å². The van der Waals surface area contributed by atoms with Crippen molar-refractivity contribution < 1.29 is 14.3 Å². The SMILES string of the molecule is CCOC(=O)C1CCCN1CC(=O)NC(C)(C)C. The molecule has 1 atom stereocenters. The van der Waals surface area contributed by atoms with Crippen LogP contribution in [0.5, 0.6) is 0 Å². The van der Waals surface area contributed by atoms with Crippen molar-refractivity contribution in [3.63, 3.8) is 0 Å². The van der Waals surface area contributed by atoms with Crippen LogP contribution in [0.25, 0.3) is 0 Å². The molecule has 0 aromatic rings. The Morgan fingerprint density at radius 2 is 2.06 bits per heavy atom. The normalized spacial score (nSPS) is 20.8. The third-order valence-corrected chi connectivity index (χ3v) is 2.78. The number of nitrogens with zero attached hydrogens (tertiary/aromatic N) is 1. The lowest BCUT2D eigenvalue weighted by atomic mass is 10.1. The number of amides is 1. The standard InChI is InChI=1S/C13H24N2O3/c1-5-18-12(17)10-7-6-8-15(10)9-11(16)14-13(2,3)4/h10H,5-9H2,1-4H3,(H,14,16). The van der Waals surface area contributed by atoms with E-state index in [1.807, 2.05) is 25.7 Å². The van der Waals surface area contributed by atoms with Gasteiger partial charge in [-0.1, -0.05) is 0 Å². The maximum absolute atomic E-state index is 11.8. The van der Waals surface area contributed by atoms with Crippen molar-refractivity contribution in [2.24, 2.45) is 0 Å². The van der Waals surface area contributed by atoms with Crippen molar-refractivity contribution in [3.05, 3.63) is 0 Å². The van der Waals surface area contributed by atoms with Crippen molar-refractivity contribution in [1.29, 1.82) is 0 Å². The molecule has 0 saturated carbocycles. The first-order valence-corrected chi connectivity index (χ1v) is 6.55. The first-order valence-electron chi connectivity index (χ1n) is 6.55. The molecule has 0 aromatic carbocycles. The number of esters is 1. The molecule has 5 heteroatoms. The molecule has 0 aromatic heterocycles. The molecule has 0 spiro atoms. The number of nitrogens with one attached hydrogen (secondary N) is 1. The fraction of sp³-hybridized carbons (Fsp3) is 0.846. The Balaban J connectivity index is 2.50. The summed E-state index contributed by atoms with van der Waals surface area (Å²) in [7, 11) is 0. The van der Waals surface area contributed by atoms with Crippen LogP contribution in [0.3, 0.4) is 0 Å². The summed E-state index contributed by atoms with van der Waals surface area (Å²) in [6.07, 6.45) is 1.72. The lowest BCUT2D eigenvalue weighted by Crippen LogP contribution is -2.48. The Labute approximate surface area is 109 Å². The van der Waals surface area contributed by atoms with Gasteiger partial charge < -0.3 is 10.1 Å². The van der Waals surface area contributed by atoms with Gasteiger partial charge in [0.2, 0.25) is 5.91 Å². The van der Waals surface area contributed by atoms with E-state index in [0.717, 1.165) is 19.4 Å². The van der Waals surface area contributed by atoms with Crippen LogP contribution < -0.4 is 5.32 Å². The van der Waals surface area contributed by atoms with Gasteiger partial charge in [0.15, 0.2) is 0 Å². The highest BCUT2D eigenvalue weighted by Crippen LogP contribution is 2.18. The minimum atomic E-state index is -0.254. The molecule has 1 rings (SSSR count). The highest BCUT2D eigenvalue weighted by atomic mass is 16.5. The minimum absolute atomic E-state index is 0.0429. The van der Waals surface area contributed by atoms with Crippen LogP contribution in [0, 0.1) is 0 Å². The largest absolute Gasteiger partial charge is 0.465 e. The molecule has 1 aliphatic heterocycles. The van der Waals surface area contributed by atoms with Gasteiger partial charge in [-0.15, -0.1) is 0 Å². The van der Waals surface area contributed by atoms with Crippen LogP contribution in [0.4, 0.5) is 0 Å². The lowest BCUT2D eigenvalue weighted by molar-refractivity contribution is -0.148.